The quantitative estimate of drug-likeness (QED) is 0.829. The van der Waals surface area contributed by atoms with Crippen LogP contribution in [0.5, 0.6) is 0 Å². The van der Waals surface area contributed by atoms with E-state index in [0.29, 0.717) is 12.6 Å². The highest BCUT2D eigenvalue weighted by Gasteiger charge is 2.52. The van der Waals surface area contributed by atoms with Gasteiger partial charge in [-0.15, -0.1) is 0 Å². The molecular formula is C16H21BrN2O. The number of carbonyl (C=O) groups excluding carboxylic acids is 1. The Balaban J connectivity index is 2.14. The van der Waals surface area contributed by atoms with Crippen molar-refractivity contribution in [2.24, 2.45) is 0 Å². The molecule has 4 heteroatoms. The predicted octanol–water partition coefficient (Wildman–Crippen LogP) is 2.95. The maximum absolute atomic E-state index is 11.4. The molecule has 2 aliphatic rings. The average molecular weight is 337 g/mol. The van der Waals surface area contributed by atoms with E-state index in [4.69, 9.17) is 0 Å². The molecule has 1 fully saturated rings. The van der Waals surface area contributed by atoms with Crippen LogP contribution >= 0.6 is 15.9 Å². The summed E-state index contributed by atoms with van der Waals surface area (Å²) in [5.41, 5.74) is 3.96. The molecule has 2 atom stereocenters. The first-order chi connectivity index (χ1) is 9.34. The summed E-state index contributed by atoms with van der Waals surface area (Å²) in [6.07, 6.45) is 2.11. The fourth-order valence-electron chi connectivity index (χ4n) is 4.10. The Morgan fingerprint density at radius 2 is 2.15 bits per heavy atom. The van der Waals surface area contributed by atoms with Crippen LogP contribution in [0.2, 0.25) is 0 Å². The van der Waals surface area contributed by atoms with Crippen LogP contribution in [-0.2, 0) is 16.6 Å². The first-order valence-electron chi connectivity index (χ1n) is 7.10. The zero-order valence-corrected chi connectivity index (χ0v) is 14.1. The van der Waals surface area contributed by atoms with Gasteiger partial charge in [0.25, 0.3) is 0 Å². The number of Topliss-reactive ketones (excluding diaryl/α,β-unsaturated/α-hetero) is 1. The molecule has 3 nitrogen and oxygen atoms in total. The van der Waals surface area contributed by atoms with Gasteiger partial charge >= 0.3 is 0 Å². The lowest BCUT2D eigenvalue weighted by Gasteiger charge is -2.32. The zero-order valence-electron chi connectivity index (χ0n) is 12.5. The van der Waals surface area contributed by atoms with Crippen LogP contribution in [0.1, 0.15) is 31.4 Å². The molecule has 2 unspecified atom stereocenters. The van der Waals surface area contributed by atoms with Gasteiger partial charge in [0.1, 0.15) is 5.78 Å². The number of ketones is 1. The number of likely N-dealkylation sites (N-methyl/N-ethyl adjacent to an activating group) is 2. The third kappa shape index (κ3) is 1.85. The highest BCUT2D eigenvalue weighted by molar-refractivity contribution is 9.10. The monoisotopic (exact) mass is 336 g/mol. The van der Waals surface area contributed by atoms with E-state index in [1.54, 1.807) is 6.92 Å². The molecule has 0 amide bonds. The summed E-state index contributed by atoms with van der Waals surface area (Å²) >= 11 is 3.71. The molecule has 3 rings (SSSR count). The van der Waals surface area contributed by atoms with Gasteiger partial charge in [-0.05, 0) is 53.5 Å². The van der Waals surface area contributed by atoms with Gasteiger partial charge in [0.2, 0.25) is 0 Å². The molecule has 2 aliphatic heterocycles. The van der Waals surface area contributed by atoms with E-state index < -0.39 is 0 Å². The highest BCUT2D eigenvalue weighted by Crippen LogP contribution is 2.53. The van der Waals surface area contributed by atoms with E-state index in [2.05, 4.69) is 58.9 Å². The van der Waals surface area contributed by atoms with Crippen LogP contribution in [0.3, 0.4) is 0 Å². The van der Waals surface area contributed by atoms with Crippen molar-refractivity contribution >= 4 is 27.4 Å². The second kappa shape index (κ2) is 4.57. The molecule has 0 N–H and O–H groups in total. The second-order valence-electron chi connectivity index (χ2n) is 6.49. The molecule has 20 heavy (non-hydrogen) atoms. The molecule has 1 aromatic rings. The fourth-order valence-corrected chi connectivity index (χ4v) is 4.89. The van der Waals surface area contributed by atoms with Crippen molar-refractivity contribution in [1.29, 1.82) is 0 Å². The van der Waals surface area contributed by atoms with Crippen LogP contribution in [0.4, 0.5) is 5.69 Å². The molecule has 0 radical (unpaired) electrons. The largest absolute Gasteiger partial charge is 0.357 e. The Labute approximate surface area is 129 Å². The number of anilines is 1. The molecule has 2 heterocycles. The van der Waals surface area contributed by atoms with E-state index >= 15 is 0 Å². The molecule has 0 aliphatic carbocycles. The number of hydrogen-bond acceptors (Lipinski definition) is 3. The Bertz CT molecular complexity index is 586. The maximum atomic E-state index is 11.4. The maximum Gasteiger partial charge on any atom is 0.134 e. The Kier molecular flexibility index (Phi) is 3.22. The summed E-state index contributed by atoms with van der Waals surface area (Å²) in [7, 11) is 4.37. The standard InChI is InChI=1S/C16H21BrN2O/c1-10(20)7-11-8-12-14(13(17)9-11)19(4)15-16(12,2)5-6-18(15)3/h8-9,15H,5-7H2,1-4H3. The van der Waals surface area contributed by atoms with Gasteiger partial charge in [0, 0.05) is 29.9 Å². The van der Waals surface area contributed by atoms with Crippen LogP contribution in [0.25, 0.3) is 0 Å². The second-order valence-corrected chi connectivity index (χ2v) is 7.34. The van der Waals surface area contributed by atoms with Crippen molar-refractivity contribution in [3.8, 4) is 0 Å². The van der Waals surface area contributed by atoms with Gasteiger partial charge in [-0.25, -0.2) is 0 Å². The van der Waals surface area contributed by atoms with Crippen LogP contribution in [-0.4, -0.2) is 37.5 Å². The lowest BCUT2D eigenvalue weighted by molar-refractivity contribution is -0.116. The Morgan fingerprint density at radius 1 is 1.45 bits per heavy atom. The number of fused-ring (bicyclic) bond motifs is 3. The number of nitrogens with zero attached hydrogens (tertiary/aromatic N) is 2. The van der Waals surface area contributed by atoms with Gasteiger partial charge in [-0.1, -0.05) is 13.0 Å². The number of likely N-dealkylation sites (tertiary alicyclic amines) is 1. The summed E-state index contributed by atoms with van der Waals surface area (Å²) in [4.78, 5) is 16.2. The molecule has 1 saturated heterocycles. The first kappa shape index (κ1) is 14.1. The molecular weight excluding hydrogens is 316 g/mol. The van der Waals surface area contributed by atoms with Gasteiger partial charge in [0.15, 0.2) is 0 Å². The van der Waals surface area contributed by atoms with Crippen molar-refractivity contribution in [2.75, 3.05) is 25.5 Å². The summed E-state index contributed by atoms with van der Waals surface area (Å²) in [6, 6.07) is 4.35. The number of halogens is 1. The topological polar surface area (TPSA) is 23.6 Å². The lowest BCUT2D eigenvalue weighted by atomic mass is 9.80. The van der Waals surface area contributed by atoms with E-state index in [1.165, 1.54) is 17.7 Å². The summed E-state index contributed by atoms with van der Waals surface area (Å²) < 4.78 is 1.11. The van der Waals surface area contributed by atoms with E-state index in [9.17, 15) is 4.79 Å². The number of hydrogen-bond donors (Lipinski definition) is 0. The fraction of sp³-hybridized carbons (Fsp3) is 0.562. The normalized spacial score (nSPS) is 28.6. The molecule has 0 spiro atoms. The molecule has 0 aromatic heterocycles. The van der Waals surface area contributed by atoms with E-state index in [0.717, 1.165) is 16.6 Å². The third-order valence-corrected chi connectivity index (χ3v) is 5.49. The molecule has 0 saturated carbocycles. The average Bonchev–Trinajstić information content (AvgIpc) is 2.74. The third-order valence-electron chi connectivity index (χ3n) is 4.88. The minimum Gasteiger partial charge on any atom is -0.357 e. The van der Waals surface area contributed by atoms with Gasteiger partial charge in [-0.3, -0.25) is 9.69 Å². The van der Waals surface area contributed by atoms with Crippen LogP contribution in [0.15, 0.2) is 16.6 Å². The van der Waals surface area contributed by atoms with E-state index in [1.807, 2.05) is 0 Å². The minimum atomic E-state index is 0.161. The number of carbonyl (C=O) groups is 1. The summed E-state index contributed by atoms with van der Waals surface area (Å²) in [5.74, 6) is 0.216. The highest BCUT2D eigenvalue weighted by atomic mass is 79.9. The summed E-state index contributed by atoms with van der Waals surface area (Å²) in [5, 5.41) is 0. The Hall–Kier alpha value is -0.870. The smallest absolute Gasteiger partial charge is 0.134 e. The van der Waals surface area contributed by atoms with E-state index in [-0.39, 0.29) is 11.2 Å². The summed E-state index contributed by atoms with van der Waals surface area (Å²) in [6.45, 7) is 5.13. The first-order valence-corrected chi connectivity index (χ1v) is 7.89. The van der Waals surface area contributed by atoms with Crippen molar-refractivity contribution in [2.45, 2.75) is 38.3 Å². The van der Waals surface area contributed by atoms with Crippen molar-refractivity contribution < 1.29 is 4.79 Å². The Morgan fingerprint density at radius 3 is 2.80 bits per heavy atom. The minimum absolute atomic E-state index is 0.161. The van der Waals surface area contributed by atoms with Crippen molar-refractivity contribution in [1.82, 2.24) is 4.90 Å². The van der Waals surface area contributed by atoms with Gasteiger partial charge in [0.05, 0.1) is 11.9 Å². The number of benzene rings is 1. The zero-order chi connectivity index (χ0) is 14.7. The van der Waals surface area contributed by atoms with Crippen molar-refractivity contribution in [3.63, 3.8) is 0 Å². The predicted molar refractivity (Wildman–Crippen MR) is 85.3 cm³/mol. The molecule has 1 aromatic carbocycles. The number of rotatable bonds is 2. The lowest BCUT2D eigenvalue weighted by Crippen LogP contribution is -2.45. The molecule has 0 bridgehead atoms. The van der Waals surface area contributed by atoms with Gasteiger partial charge < -0.3 is 4.90 Å². The molecule has 108 valence electrons. The van der Waals surface area contributed by atoms with Crippen LogP contribution < -0.4 is 4.90 Å². The van der Waals surface area contributed by atoms with Crippen molar-refractivity contribution in [3.05, 3.63) is 27.7 Å². The van der Waals surface area contributed by atoms with Gasteiger partial charge in [-0.2, -0.15) is 0 Å². The SMILES string of the molecule is CC(=O)Cc1cc(Br)c2c(c1)C1(C)CCN(C)C1N2C. The van der Waals surface area contributed by atoms with Crippen LogP contribution in [0, 0.1) is 0 Å².